The molecule has 0 amide bonds. The van der Waals surface area contributed by atoms with E-state index in [0.29, 0.717) is 29.2 Å². The van der Waals surface area contributed by atoms with Crippen LogP contribution in [0.3, 0.4) is 0 Å². The monoisotopic (exact) mass is 333 g/mol. The van der Waals surface area contributed by atoms with Crippen molar-refractivity contribution in [1.82, 2.24) is 0 Å². The number of benzene rings is 2. The summed E-state index contributed by atoms with van der Waals surface area (Å²) in [7, 11) is 0. The highest BCUT2D eigenvalue weighted by Crippen LogP contribution is 2.26. The average molecular weight is 334 g/mol. The van der Waals surface area contributed by atoms with Crippen molar-refractivity contribution in [2.75, 3.05) is 12.3 Å². The van der Waals surface area contributed by atoms with Crippen molar-refractivity contribution in [2.45, 2.75) is 13.8 Å². The summed E-state index contributed by atoms with van der Waals surface area (Å²) < 4.78 is 6.35. The average Bonchev–Trinajstić information content (AvgIpc) is 2.43. The summed E-state index contributed by atoms with van der Waals surface area (Å²) >= 11 is 3.38. The largest absolute Gasteiger partial charge is 0.493 e. The smallest absolute Gasteiger partial charge is 0.196 e. The fourth-order valence-corrected chi connectivity index (χ4v) is 2.26. The maximum absolute atomic E-state index is 12.6. The number of hydrogen-bond acceptors (Lipinski definition) is 3. The number of anilines is 1. The summed E-state index contributed by atoms with van der Waals surface area (Å²) in [6.07, 6.45) is 0. The van der Waals surface area contributed by atoms with E-state index >= 15 is 0 Å². The van der Waals surface area contributed by atoms with E-state index in [1.54, 1.807) is 24.3 Å². The van der Waals surface area contributed by atoms with Crippen molar-refractivity contribution < 1.29 is 9.53 Å². The minimum Gasteiger partial charge on any atom is -0.493 e. The highest BCUT2D eigenvalue weighted by Gasteiger charge is 2.16. The van der Waals surface area contributed by atoms with Gasteiger partial charge in [0.05, 0.1) is 12.2 Å². The summed E-state index contributed by atoms with van der Waals surface area (Å²) in [6, 6.07) is 10.7. The van der Waals surface area contributed by atoms with Gasteiger partial charge in [0.25, 0.3) is 0 Å². The van der Waals surface area contributed by atoms with Gasteiger partial charge in [0.2, 0.25) is 0 Å². The second-order valence-electron chi connectivity index (χ2n) is 4.47. The highest BCUT2D eigenvalue weighted by molar-refractivity contribution is 9.10. The van der Waals surface area contributed by atoms with E-state index in [-0.39, 0.29) is 5.78 Å². The Morgan fingerprint density at radius 1 is 1.25 bits per heavy atom. The number of carbonyl (C=O) groups is 1. The molecule has 0 atom stereocenters. The van der Waals surface area contributed by atoms with Crippen LogP contribution >= 0.6 is 15.9 Å². The Hall–Kier alpha value is -1.81. The van der Waals surface area contributed by atoms with Gasteiger partial charge in [0.15, 0.2) is 5.78 Å². The molecule has 0 saturated carbocycles. The minimum absolute atomic E-state index is 0.0959. The van der Waals surface area contributed by atoms with Crippen LogP contribution in [0.1, 0.15) is 28.4 Å². The lowest BCUT2D eigenvalue weighted by molar-refractivity contribution is 0.103. The summed E-state index contributed by atoms with van der Waals surface area (Å²) in [4.78, 5) is 12.6. The molecular formula is C16H16BrNO2. The lowest BCUT2D eigenvalue weighted by atomic mass is 10.0. The van der Waals surface area contributed by atoms with E-state index in [4.69, 9.17) is 10.5 Å². The minimum atomic E-state index is -0.0959. The van der Waals surface area contributed by atoms with Crippen molar-refractivity contribution >= 4 is 27.4 Å². The van der Waals surface area contributed by atoms with Gasteiger partial charge in [0.1, 0.15) is 5.75 Å². The molecule has 20 heavy (non-hydrogen) atoms. The van der Waals surface area contributed by atoms with Crippen molar-refractivity contribution in [1.29, 1.82) is 0 Å². The normalized spacial score (nSPS) is 10.3. The topological polar surface area (TPSA) is 52.3 Å². The van der Waals surface area contributed by atoms with Crippen molar-refractivity contribution in [3.05, 3.63) is 57.6 Å². The van der Waals surface area contributed by atoms with Crippen LogP contribution in [0.25, 0.3) is 0 Å². The van der Waals surface area contributed by atoms with Crippen LogP contribution in [-0.2, 0) is 0 Å². The van der Waals surface area contributed by atoms with Gasteiger partial charge in [-0.1, -0.05) is 28.1 Å². The molecule has 104 valence electrons. The molecule has 0 unspecified atom stereocenters. The number of rotatable bonds is 4. The Morgan fingerprint density at radius 2 is 2.00 bits per heavy atom. The molecule has 0 bridgehead atoms. The van der Waals surface area contributed by atoms with Crippen molar-refractivity contribution in [3.8, 4) is 5.75 Å². The zero-order valence-corrected chi connectivity index (χ0v) is 13.0. The number of carbonyl (C=O) groups excluding carboxylic acids is 1. The molecular weight excluding hydrogens is 318 g/mol. The van der Waals surface area contributed by atoms with Crippen molar-refractivity contribution in [3.63, 3.8) is 0 Å². The van der Waals surface area contributed by atoms with E-state index < -0.39 is 0 Å². The molecule has 0 aliphatic rings. The summed E-state index contributed by atoms with van der Waals surface area (Å²) in [5.74, 6) is 0.487. The van der Waals surface area contributed by atoms with Gasteiger partial charge in [-0.15, -0.1) is 0 Å². The van der Waals surface area contributed by atoms with Crippen LogP contribution in [0.2, 0.25) is 0 Å². The van der Waals surface area contributed by atoms with E-state index in [9.17, 15) is 4.79 Å². The van der Waals surface area contributed by atoms with Crippen LogP contribution in [0.4, 0.5) is 5.69 Å². The Morgan fingerprint density at radius 3 is 2.65 bits per heavy atom. The molecule has 0 radical (unpaired) electrons. The SMILES string of the molecule is CCOc1ccc(Br)cc1C(=O)c1ccc(C)c(N)c1. The maximum Gasteiger partial charge on any atom is 0.196 e. The van der Waals surface area contributed by atoms with Gasteiger partial charge >= 0.3 is 0 Å². The first kappa shape index (κ1) is 14.6. The van der Waals surface area contributed by atoms with E-state index in [1.165, 1.54) is 0 Å². The van der Waals surface area contributed by atoms with Gasteiger partial charge in [0, 0.05) is 15.7 Å². The fourth-order valence-electron chi connectivity index (χ4n) is 1.90. The molecule has 2 aromatic rings. The third-order valence-corrected chi connectivity index (χ3v) is 3.52. The molecule has 0 aliphatic heterocycles. The number of nitrogen functional groups attached to an aromatic ring is 1. The molecule has 4 heteroatoms. The van der Waals surface area contributed by atoms with Gasteiger partial charge < -0.3 is 10.5 Å². The molecule has 2 N–H and O–H groups in total. The third kappa shape index (κ3) is 3.02. The Labute approximate surface area is 126 Å². The van der Waals surface area contributed by atoms with Gasteiger partial charge in [-0.2, -0.15) is 0 Å². The summed E-state index contributed by atoms with van der Waals surface area (Å²) in [5, 5.41) is 0. The molecule has 0 aliphatic carbocycles. The van der Waals surface area contributed by atoms with Crippen LogP contribution in [-0.4, -0.2) is 12.4 Å². The molecule has 0 spiro atoms. The molecule has 2 rings (SSSR count). The number of nitrogens with two attached hydrogens (primary N) is 1. The molecule has 0 heterocycles. The number of ether oxygens (including phenoxy) is 1. The number of halogens is 1. The van der Waals surface area contributed by atoms with Crippen LogP contribution < -0.4 is 10.5 Å². The van der Waals surface area contributed by atoms with E-state index in [0.717, 1.165) is 10.0 Å². The zero-order chi connectivity index (χ0) is 14.7. The molecule has 2 aromatic carbocycles. The molecule has 0 aromatic heterocycles. The van der Waals surface area contributed by atoms with Crippen LogP contribution in [0.15, 0.2) is 40.9 Å². The predicted molar refractivity (Wildman–Crippen MR) is 84.3 cm³/mol. The van der Waals surface area contributed by atoms with Crippen LogP contribution in [0.5, 0.6) is 5.75 Å². The van der Waals surface area contributed by atoms with Crippen molar-refractivity contribution in [2.24, 2.45) is 0 Å². The third-order valence-electron chi connectivity index (χ3n) is 3.03. The Balaban J connectivity index is 2.46. The zero-order valence-electron chi connectivity index (χ0n) is 11.4. The molecule has 0 saturated heterocycles. The first-order valence-corrected chi connectivity index (χ1v) is 7.15. The van der Waals surface area contributed by atoms with Gasteiger partial charge in [-0.05, 0) is 43.7 Å². The molecule has 3 nitrogen and oxygen atoms in total. The fraction of sp³-hybridized carbons (Fsp3) is 0.188. The second-order valence-corrected chi connectivity index (χ2v) is 5.39. The number of aryl methyl sites for hydroxylation is 1. The van der Waals surface area contributed by atoms with Gasteiger partial charge in [-0.25, -0.2) is 0 Å². The molecule has 0 fully saturated rings. The highest BCUT2D eigenvalue weighted by atomic mass is 79.9. The first-order valence-electron chi connectivity index (χ1n) is 6.36. The summed E-state index contributed by atoms with van der Waals surface area (Å²) in [5.41, 5.74) is 8.54. The maximum atomic E-state index is 12.6. The second kappa shape index (κ2) is 6.09. The van der Waals surface area contributed by atoms with Gasteiger partial charge in [-0.3, -0.25) is 4.79 Å². The Kier molecular flexibility index (Phi) is 4.45. The quantitative estimate of drug-likeness (QED) is 0.680. The van der Waals surface area contributed by atoms with E-state index in [2.05, 4.69) is 15.9 Å². The number of ketones is 1. The number of hydrogen-bond donors (Lipinski definition) is 1. The summed E-state index contributed by atoms with van der Waals surface area (Å²) in [6.45, 7) is 4.31. The first-order chi connectivity index (χ1) is 9.52. The van der Waals surface area contributed by atoms with Crippen LogP contribution in [0, 0.1) is 6.92 Å². The lowest BCUT2D eigenvalue weighted by Crippen LogP contribution is -2.06. The lowest BCUT2D eigenvalue weighted by Gasteiger charge is -2.11. The predicted octanol–water partition coefficient (Wildman–Crippen LogP) is 3.97. The Bertz CT molecular complexity index is 653. The standard InChI is InChI=1S/C16H16BrNO2/c1-3-20-15-7-6-12(17)9-13(15)16(19)11-5-4-10(2)14(18)8-11/h4-9H,3,18H2,1-2H3. The van der Waals surface area contributed by atoms with E-state index in [1.807, 2.05) is 26.0 Å².